The molecular weight excluding hydrogens is 362 g/mol. The Hall–Kier alpha value is -3.61. The molecule has 1 amide bonds. The van der Waals surface area contributed by atoms with Gasteiger partial charge in [-0.2, -0.15) is 0 Å². The lowest BCUT2D eigenvalue weighted by atomic mass is 10.1. The number of esters is 1. The number of carbonyl (C=O) groups excluding carboxylic acids is 2. The van der Waals surface area contributed by atoms with Gasteiger partial charge in [-0.25, -0.2) is 9.59 Å². The van der Waals surface area contributed by atoms with Crippen LogP contribution in [0.5, 0.6) is 11.5 Å². The second-order valence-electron chi connectivity index (χ2n) is 6.43. The van der Waals surface area contributed by atoms with Crippen molar-refractivity contribution >= 4 is 22.8 Å². The van der Waals surface area contributed by atoms with Crippen LogP contribution in [0.1, 0.15) is 27.0 Å². The average molecular weight is 381 g/mol. The normalized spacial score (nSPS) is 10.7. The minimum atomic E-state index is -0.870. The van der Waals surface area contributed by atoms with E-state index in [1.54, 1.807) is 6.07 Å². The number of carbonyl (C=O) groups is 2. The molecule has 0 aliphatic heterocycles. The molecule has 1 heterocycles. The van der Waals surface area contributed by atoms with Gasteiger partial charge in [0.2, 0.25) is 0 Å². The summed E-state index contributed by atoms with van der Waals surface area (Å²) in [6.45, 7) is 5.52. The van der Waals surface area contributed by atoms with Crippen molar-refractivity contribution in [1.29, 1.82) is 0 Å². The second kappa shape index (κ2) is 7.56. The van der Waals surface area contributed by atoms with Crippen LogP contribution in [0.2, 0.25) is 0 Å². The molecule has 0 radical (unpaired) electrons. The highest BCUT2D eigenvalue weighted by Gasteiger charge is 2.13. The van der Waals surface area contributed by atoms with E-state index < -0.39 is 17.5 Å². The van der Waals surface area contributed by atoms with Gasteiger partial charge in [0.05, 0.1) is 0 Å². The first-order chi connectivity index (χ1) is 13.3. The zero-order valence-corrected chi connectivity index (χ0v) is 15.7. The lowest BCUT2D eigenvalue weighted by Gasteiger charge is -2.13. The van der Waals surface area contributed by atoms with E-state index in [-0.39, 0.29) is 23.5 Å². The van der Waals surface area contributed by atoms with Crippen molar-refractivity contribution in [2.24, 2.45) is 5.73 Å². The van der Waals surface area contributed by atoms with Crippen LogP contribution >= 0.6 is 0 Å². The SMILES string of the molecule is Cc1ccc(C)c(OCC(=O)Oc2ccc3cc(C(N)=O)c(=O)oc3c2)c1C. The third-order valence-electron chi connectivity index (χ3n) is 4.41. The Morgan fingerprint density at radius 1 is 1.04 bits per heavy atom. The molecular formula is C21H19NO6. The highest BCUT2D eigenvalue weighted by atomic mass is 16.6. The number of primary amides is 1. The van der Waals surface area contributed by atoms with Gasteiger partial charge in [-0.15, -0.1) is 0 Å². The number of hydrogen-bond acceptors (Lipinski definition) is 6. The number of hydrogen-bond donors (Lipinski definition) is 1. The molecule has 0 aliphatic rings. The van der Waals surface area contributed by atoms with Crippen LogP contribution in [0, 0.1) is 20.8 Å². The maximum Gasteiger partial charge on any atom is 0.349 e. The number of nitrogens with two attached hydrogens (primary N) is 1. The van der Waals surface area contributed by atoms with E-state index in [2.05, 4.69) is 0 Å². The largest absolute Gasteiger partial charge is 0.481 e. The first-order valence-corrected chi connectivity index (χ1v) is 8.54. The maximum absolute atomic E-state index is 12.1. The number of aryl methyl sites for hydroxylation is 2. The van der Waals surface area contributed by atoms with Crippen LogP contribution in [0.25, 0.3) is 11.0 Å². The Morgan fingerprint density at radius 3 is 2.46 bits per heavy atom. The molecule has 0 unspecified atom stereocenters. The highest BCUT2D eigenvalue weighted by Crippen LogP contribution is 2.26. The fourth-order valence-corrected chi connectivity index (χ4v) is 2.77. The summed E-state index contributed by atoms with van der Waals surface area (Å²) in [5.41, 5.74) is 7.16. The summed E-state index contributed by atoms with van der Waals surface area (Å²) in [4.78, 5) is 35.1. The molecule has 7 heteroatoms. The third kappa shape index (κ3) is 3.88. The van der Waals surface area contributed by atoms with Gasteiger partial charge >= 0.3 is 11.6 Å². The molecule has 144 valence electrons. The van der Waals surface area contributed by atoms with Crippen LogP contribution < -0.4 is 20.8 Å². The van der Waals surface area contributed by atoms with Gasteiger partial charge in [0, 0.05) is 11.5 Å². The van der Waals surface area contributed by atoms with Crippen LogP contribution in [-0.2, 0) is 4.79 Å². The summed E-state index contributed by atoms with van der Waals surface area (Å²) in [5, 5.41) is 0.482. The van der Waals surface area contributed by atoms with E-state index in [1.807, 2.05) is 32.9 Å². The minimum absolute atomic E-state index is 0.173. The molecule has 3 aromatic rings. The lowest BCUT2D eigenvalue weighted by molar-refractivity contribution is -0.136. The fraction of sp³-hybridized carbons (Fsp3) is 0.190. The van der Waals surface area contributed by atoms with Gasteiger partial charge < -0.3 is 19.6 Å². The molecule has 0 atom stereocenters. The minimum Gasteiger partial charge on any atom is -0.481 e. The van der Waals surface area contributed by atoms with Crippen molar-refractivity contribution in [2.75, 3.05) is 6.61 Å². The Bertz CT molecular complexity index is 1150. The summed E-state index contributed by atoms with van der Waals surface area (Å²) < 4.78 is 16.0. The Kier molecular flexibility index (Phi) is 5.17. The Balaban J connectivity index is 1.75. The zero-order valence-electron chi connectivity index (χ0n) is 15.7. The van der Waals surface area contributed by atoms with Crippen LogP contribution in [-0.4, -0.2) is 18.5 Å². The number of benzene rings is 2. The summed E-state index contributed by atoms with van der Waals surface area (Å²) in [6.07, 6.45) is 0. The van der Waals surface area contributed by atoms with E-state index in [1.165, 1.54) is 18.2 Å². The zero-order chi connectivity index (χ0) is 20.4. The monoisotopic (exact) mass is 381 g/mol. The number of amides is 1. The highest BCUT2D eigenvalue weighted by molar-refractivity contribution is 5.95. The molecule has 3 rings (SSSR count). The maximum atomic E-state index is 12.1. The Labute approximate surface area is 160 Å². The third-order valence-corrected chi connectivity index (χ3v) is 4.41. The van der Waals surface area contributed by atoms with Gasteiger partial charge in [-0.1, -0.05) is 12.1 Å². The van der Waals surface area contributed by atoms with Crippen molar-refractivity contribution in [3.05, 3.63) is 69.1 Å². The first kappa shape index (κ1) is 19.2. The number of rotatable bonds is 5. The molecule has 0 spiro atoms. The molecule has 0 fully saturated rings. The van der Waals surface area contributed by atoms with Gasteiger partial charge in [0.25, 0.3) is 5.91 Å². The quantitative estimate of drug-likeness (QED) is 0.413. The van der Waals surface area contributed by atoms with Crippen molar-refractivity contribution in [1.82, 2.24) is 0 Å². The van der Waals surface area contributed by atoms with Crippen LogP contribution in [0.15, 0.2) is 45.6 Å². The molecule has 0 bridgehead atoms. The predicted molar refractivity (Wildman–Crippen MR) is 103 cm³/mol. The van der Waals surface area contributed by atoms with Crippen LogP contribution in [0.4, 0.5) is 0 Å². The summed E-state index contributed by atoms with van der Waals surface area (Å²) in [6, 6.07) is 9.72. The summed E-state index contributed by atoms with van der Waals surface area (Å²) in [7, 11) is 0. The summed E-state index contributed by atoms with van der Waals surface area (Å²) in [5.74, 6) is -0.630. The van der Waals surface area contributed by atoms with E-state index in [9.17, 15) is 14.4 Å². The molecule has 28 heavy (non-hydrogen) atoms. The molecule has 0 saturated carbocycles. The van der Waals surface area contributed by atoms with Gasteiger partial charge in [0.15, 0.2) is 6.61 Å². The van der Waals surface area contributed by atoms with Gasteiger partial charge in [0.1, 0.15) is 22.6 Å². The lowest BCUT2D eigenvalue weighted by Crippen LogP contribution is -2.20. The second-order valence-corrected chi connectivity index (χ2v) is 6.43. The Morgan fingerprint density at radius 2 is 1.75 bits per heavy atom. The smallest absolute Gasteiger partial charge is 0.349 e. The molecule has 0 saturated heterocycles. The molecule has 2 N–H and O–H groups in total. The first-order valence-electron chi connectivity index (χ1n) is 8.54. The van der Waals surface area contributed by atoms with Gasteiger partial charge in [-0.05, 0) is 55.7 Å². The van der Waals surface area contributed by atoms with Crippen molar-refractivity contribution in [3.63, 3.8) is 0 Å². The van der Waals surface area contributed by atoms with E-state index >= 15 is 0 Å². The van der Waals surface area contributed by atoms with Crippen molar-refractivity contribution in [3.8, 4) is 11.5 Å². The topological polar surface area (TPSA) is 109 Å². The van der Waals surface area contributed by atoms with E-state index in [4.69, 9.17) is 19.6 Å². The standard InChI is InChI=1S/C21H19NO6/c1-11-4-5-12(2)19(13(11)3)26-10-18(23)27-15-7-6-14-8-16(20(22)24)21(25)28-17(14)9-15/h4-9H,10H2,1-3H3,(H2,22,24). The average Bonchev–Trinajstić information content (AvgIpc) is 2.64. The molecule has 1 aromatic heterocycles. The number of ether oxygens (including phenoxy) is 2. The molecule has 0 aliphatic carbocycles. The van der Waals surface area contributed by atoms with E-state index in [0.717, 1.165) is 16.7 Å². The molecule has 2 aromatic carbocycles. The van der Waals surface area contributed by atoms with Gasteiger partial charge in [-0.3, -0.25) is 4.79 Å². The van der Waals surface area contributed by atoms with Crippen LogP contribution in [0.3, 0.4) is 0 Å². The predicted octanol–water partition coefficient (Wildman–Crippen LogP) is 2.80. The number of fused-ring (bicyclic) bond motifs is 1. The van der Waals surface area contributed by atoms with Crippen molar-refractivity contribution in [2.45, 2.75) is 20.8 Å². The summed E-state index contributed by atoms with van der Waals surface area (Å²) >= 11 is 0. The molecule has 7 nitrogen and oxygen atoms in total. The fourth-order valence-electron chi connectivity index (χ4n) is 2.77. The van der Waals surface area contributed by atoms with E-state index in [0.29, 0.717) is 11.1 Å². The van der Waals surface area contributed by atoms with Crippen molar-refractivity contribution < 1.29 is 23.5 Å².